The quantitative estimate of drug-likeness (QED) is 0.250. The first-order valence-corrected chi connectivity index (χ1v) is 13.7. The summed E-state index contributed by atoms with van der Waals surface area (Å²) < 4.78 is 27.1. The molecule has 36 heavy (non-hydrogen) atoms. The summed E-state index contributed by atoms with van der Waals surface area (Å²) in [7, 11) is 0. The molecule has 5 nitrogen and oxygen atoms in total. The highest BCUT2D eigenvalue weighted by atomic mass is 127. The smallest absolute Gasteiger partial charge is 0.249 e. The lowest BCUT2D eigenvalue weighted by molar-refractivity contribution is -0.117. The number of allylic oxidation sites excluding steroid dienone is 5. The fourth-order valence-electron chi connectivity index (χ4n) is 4.22. The number of nitrogens with one attached hydrogen (secondary N) is 1. The summed E-state index contributed by atoms with van der Waals surface area (Å²) in [5.74, 6) is -1.22. The van der Waals surface area contributed by atoms with E-state index in [9.17, 15) is 13.6 Å². The zero-order chi connectivity index (χ0) is 26.1. The van der Waals surface area contributed by atoms with E-state index in [1.807, 2.05) is 24.4 Å². The lowest BCUT2D eigenvalue weighted by Crippen LogP contribution is -2.34. The fourth-order valence-corrected chi connectivity index (χ4v) is 4.99. The van der Waals surface area contributed by atoms with Crippen molar-refractivity contribution in [1.29, 1.82) is 0 Å². The lowest BCUT2D eigenvalue weighted by Gasteiger charge is -2.30. The molecule has 1 amide bonds. The molecule has 0 radical (unpaired) electrons. The number of carbonyl (C=O) groups is 1. The zero-order valence-corrected chi connectivity index (χ0v) is 23.4. The second-order valence-electron chi connectivity index (χ2n) is 9.56. The minimum atomic E-state index is -0.845. The summed E-state index contributed by atoms with van der Waals surface area (Å²) in [4.78, 5) is 24.9. The van der Waals surface area contributed by atoms with Gasteiger partial charge in [-0.25, -0.2) is 8.78 Å². The molecule has 2 aliphatic rings. The van der Waals surface area contributed by atoms with Crippen LogP contribution in [0.3, 0.4) is 0 Å². The molecule has 8 heteroatoms. The van der Waals surface area contributed by atoms with Gasteiger partial charge >= 0.3 is 0 Å². The molecule has 1 aliphatic carbocycles. The molecule has 2 heterocycles. The van der Waals surface area contributed by atoms with Gasteiger partial charge in [-0.2, -0.15) is 0 Å². The van der Waals surface area contributed by atoms with E-state index in [1.54, 1.807) is 6.20 Å². The van der Waals surface area contributed by atoms with Crippen LogP contribution in [0, 0.1) is 5.92 Å². The number of carbonyl (C=O) groups excluding carboxylic acids is 1. The Balaban J connectivity index is 1.91. The van der Waals surface area contributed by atoms with Crippen LogP contribution in [0.5, 0.6) is 0 Å². The molecule has 0 fully saturated rings. The van der Waals surface area contributed by atoms with E-state index >= 15 is 0 Å². The predicted molar refractivity (Wildman–Crippen MR) is 150 cm³/mol. The van der Waals surface area contributed by atoms with Crippen molar-refractivity contribution in [2.45, 2.75) is 63.3 Å². The maximum absolute atomic E-state index is 13.7. The topological polar surface area (TPSA) is 57.6 Å². The molecular weight excluding hydrogens is 573 g/mol. The Morgan fingerprint density at radius 2 is 2.03 bits per heavy atom. The van der Waals surface area contributed by atoms with Crippen LogP contribution in [0.1, 0.15) is 58.6 Å². The summed E-state index contributed by atoms with van der Waals surface area (Å²) in [6.45, 7) is 7.83. The summed E-state index contributed by atoms with van der Waals surface area (Å²) in [5, 5.41) is 2.95. The van der Waals surface area contributed by atoms with Gasteiger partial charge in [0.05, 0.1) is 12.2 Å². The van der Waals surface area contributed by atoms with Crippen LogP contribution in [0.15, 0.2) is 75.7 Å². The SMILES string of the molecule is CC(C)CCC1=C/CN(Cc2ccccn2)/C(C(C)I)=C(/C(=O)NCC2=CC(F)=C(F)CC2)C/C=N\1. The van der Waals surface area contributed by atoms with Crippen LogP contribution < -0.4 is 5.32 Å². The van der Waals surface area contributed by atoms with Gasteiger partial charge in [-0.05, 0) is 62.0 Å². The number of nitrogens with zero attached hydrogens (tertiary/aromatic N) is 3. The summed E-state index contributed by atoms with van der Waals surface area (Å²) in [5.41, 5.74) is 4.18. The van der Waals surface area contributed by atoms with E-state index in [2.05, 4.69) is 64.6 Å². The van der Waals surface area contributed by atoms with Crippen LogP contribution in [-0.4, -0.2) is 39.0 Å². The third kappa shape index (κ3) is 8.35. The van der Waals surface area contributed by atoms with Crippen molar-refractivity contribution < 1.29 is 13.6 Å². The molecule has 0 spiro atoms. The molecule has 1 N–H and O–H groups in total. The minimum Gasteiger partial charge on any atom is -0.364 e. The largest absolute Gasteiger partial charge is 0.364 e. The molecule has 194 valence electrons. The third-order valence-corrected chi connectivity index (χ3v) is 6.78. The average Bonchev–Trinajstić information content (AvgIpc) is 2.93. The Bertz CT molecular complexity index is 1070. The van der Waals surface area contributed by atoms with E-state index in [0.717, 1.165) is 29.9 Å². The van der Waals surface area contributed by atoms with Crippen LogP contribution in [-0.2, 0) is 11.3 Å². The normalized spacial score (nSPS) is 22.2. The molecule has 1 unspecified atom stereocenters. The van der Waals surface area contributed by atoms with Gasteiger partial charge in [-0.3, -0.25) is 14.8 Å². The first-order valence-electron chi connectivity index (χ1n) is 12.5. The van der Waals surface area contributed by atoms with Gasteiger partial charge in [0.15, 0.2) is 5.83 Å². The molecule has 3 rings (SSSR count). The minimum absolute atomic E-state index is 0.0294. The maximum atomic E-state index is 13.7. The van der Waals surface area contributed by atoms with E-state index in [-0.39, 0.29) is 22.8 Å². The van der Waals surface area contributed by atoms with Crippen LogP contribution >= 0.6 is 22.6 Å². The van der Waals surface area contributed by atoms with Crippen molar-refractivity contribution in [3.63, 3.8) is 0 Å². The van der Waals surface area contributed by atoms with Gasteiger partial charge in [0, 0.05) is 59.2 Å². The van der Waals surface area contributed by atoms with Crippen molar-refractivity contribution in [3.05, 3.63) is 76.4 Å². The second kappa shape index (κ2) is 13.8. The number of alkyl halides is 1. The number of rotatable bonds is 9. The molecule has 1 aliphatic heterocycles. The Hall–Kier alpha value is -2.36. The second-order valence-corrected chi connectivity index (χ2v) is 11.4. The monoisotopic (exact) mass is 608 g/mol. The molecular formula is C28H35F2IN4O. The van der Waals surface area contributed by atoms with Crippen molar-refractivity contribution >= 4 is 34.7 Å². The van der Waals surface area contributed by atoms with Crippen molar-refractivity contribution in [2.75, 3.05) is 13.1 Å². The van der Waals surface area contributed by atoms with Crippen molar-refractivity contribution in [3.8, 4) is 0 Å². The molecule has 0 aromatic carbocycles. The van der Waals surface area contributed by atoms with Crippen molar-refractivity contribution in [1.82, 2.24) is 15.2 Å². The molecule has 0 saturated carbocycles. The van der Waals surface area contributed by atoms with E-state index in [0.29, 0.717) is 43.0 Å². The number of halogens is 3. The van der Waals surface area contributed by atoms with Crippen LogP contribution in [0.25, 0.3) is 0 Å². The highest BCUT2D eigenvalue weighted by Gasteiger charge is 2.25. The average molecular weight is 609 g/mol. The van der Waals surface area contributed by atoms with E-state index < -0.39 is 11.7 Å². The van der Waals surface area contributed by atoms with Gasteiger partial charge in [-0.1, -0.05) is 42.5 Å². The Morgan fingerprint density at radius 3 is 2.69 bits per heavy atom. The van der Waals surface area contributed by atoms with Crippen molar-refractivity contribution in [2.24, 2.45) is 10.9 Å². The Labute approximate surface area is 226 Å². The maximum Gasteiger partial charge on any atom is 0.249 e. The van der Waals surface area contributed by atoms with Crippen LogP contribution in [0.2, 0.25) is 0 Å². The van der Waals surface area contributed by atoms with E-state index in [1.165, 1.54) is 6.08 Å². The van der Waals surface area contributed by atoms with Crippen LogP contribution in [0.4, 0.5) is 8.78 Å². The number of hydrogen-bond donors (Lipinski definition) is 1. The first kappa shape index (κ1) is 28.2. The van der Waals surface area contributed by atoms with Gasteiger partial charge in [0.2, 0.25) is 5.91 Å². The predicted octanol–water partition coefficient (Wildman–Crippen LogP) is 6.74. The lowest BCUT2D eigenvalue weighted by atomic mass is 10.0. The molecule has 1 aromatic rings. The standard InChI is InChI=1S/C28H35F2IN4O/c1-19(2)7-9-22-12-15-35(18-23-6-4-5-13-32-23)27(20(3)31)24(11-14-33-22)28(36)34-17-21-8-10-25(29)26(30)16-21/h4-6,12-14,16,19-20H,7-11,15,17-18H2,1-3H3,(H,34,36)/b22-12-,27-24+,33-14-. The molecule has 0 bridgehead atoms. The number of aromatic nitrogens is 1. The van der Waals surface area contributed by atoms with Gasteiger partial charge in [0.25, 0.3) is 0 Å². The number of pyridine rings is 1. The van der Waals surface area contributed by atoms with Gasteiger partial charge in [0.1, 0.15) is 5.83 Å². The summed E-state index contributed by atoms with van der Waals surface area (Å²) in [6, 6.07) is 5.84. The highest BCUT2D eigenvalue weighted by molar-refractivity contribution is 14.1. The summed E-state index contributed by atoms with van der Waals surface area (Å²) in [6.07, 6.45) is 9.67. The number of amides is 1. The summed E-state index contributed by atoms with van der Waals surface area (Å²) >= 11 is 2.34. The third-order valence-electron chi connectivity index (χ3n) is 6.19. The van der Waals surface area contributed by atoms with Gasteiger partial charge < -0.3 is 10.2 Å². The molecule has 1 aromatic heterocycles. The Morgan fingerprint density at radius 1 is 1.22 bits per heavy atom. The molecule has 1 atom stereocenters. The number of hydrogen-bond acceptors (Lipinski definition) is 4. The zero-order valence-electron chi connectivity index (χ0n) is 21.2. The molecule has 0 saturated heterocycles. The first-order chi connectivity index (χ1) is 17.2. The Kier molecular flexibility index (Phi) is 10.8. The fraction of sp³-hybridized carbons (Fsp3) is 0.464. The number of aliphatic imine (C=N–C) groups is 1. The highest BCUT2D eigenvalue weighted by Crippen LogP contribution is 2.28. The van der Waals surface area contributed by atoms with Gasteiger partial charge in [-0.15, -0.1) is 0 Å². The van der Waals surface area contributed by atoms with E-state index in [4.69, 9.17) is 4.99 Å².